The molecule has 32 heavy (non-hydrogen) atoms. The number of hydrogen-bond acceptors (Lipinski definition) is 5. The van der Waals surface area contributed by atoms with Gasteiger partial charge in [-0.2, -0.15) is 5.10 Å². The fraction of sp³-hybridized carbons (Fsp3) is 0.0833. The Morgan fingerprint density at radius 1 is 1.00 bits per heavy atom. The van der Waals surface area contributed by atoms with Gasteiger partial charge in [-0.25, -0.2) is 9.48 Å². The van der Waals surface area contributed by atoms with Crippen molar-refractivity contribution in [1.29, 1.82) is 0 Å². The molecule has 1 heterocycles. The predicted octanol–water partition coefficient (Wildman–Crippen LogP) is 3.99. The molecule has 0 radical (unpaired) electrons. The molecule has 4 rings (SSSR count). The van der Waals surface area contributed by atoms with Crippen molar-refractivity contribution in [1.82, 2.24) is 9.78 Å². The Morgan fingerprint density at radius 3 is 2.47 bits per heavy atom. The Hall–Kier alpha value is -3.97. The standard InChI is InChI=1S/C24H18ClN3O4/c1-28-23(30)20-8-3-2-7-19(20)21(27-28)14-22(29)26-17-5-4-6-18(13-17)32-24(31)15-9-11-16(25)12-10-15/h2-13H,14H2,1H3,(H,26,29). The highest BCUT2D eigenvalue weighted by molar-refractivity contribution is 6.30. The number of nitrogens with one attached hydrogen (secondary N) is 1. The van der Waals surface area contributed by atoms with E-state index in [1.54, 1.807) is 79.8 Å². The summed E-state index contributed by atoms with van der Waals surface area (Å²) < 4.78 is 6.61. The van der Waals surface area contributed by atoms with Gasteiger partial charge in [0.2, 0.25) is 5.91 Å². The highest BCUT2D eigenvalue weighted by atomic mass is 35.5. The van der Waals surface area contributed by atoms with Gasteiger partial charge in [0.15, 0.2) is 0 Å². The monoisotopic (exact) mass is 447 g/mol. The molecule has 0 aliphatic heterocycles. The van der Waals surface area contributed by atoms with Crippen LogP contribution in [0.5, 0.6) is 5.75 Å². The van der Waals surface area contributed by atoms with Gasteiger partial charge < -0.3 is 10.1 Å². The minimum absolute atomic E-state index is 0.0244. The number of fused-ring (bicyclic) bond motifs is 1. The summed E-state index contributed by atoms with van der Waals surface area (Å²) in [6.07, 6.45) is -0.0244. The molecule has 8 heteroatoms. The first kappa shape index (κ1) is 21.3. The number of esters is 1. The van der Waals surface area contributed by atoms with Crippen LogP contribution in [0.3, 0.4) is 0 Å². The highest BCUT2D eigenvalue weighted by Gasteiger charge is 2.13. The van der Waals surface area contributed by atoms with Gasteiger partial charge in [-0.05, 0) is 42.5 Å². The van der Waals surface area contributed by atoms with E-state index in [4.69, 9.17) is 16.3 Å². The number of anilines is 1. The number of halogens is 1. The van der Waals surface area contributed by atoms with E-state index in [1.807, 2.05) is 0 Å². The Bertz CT molecular complexity index is 1380. The molecule has 3 aromatic carbocycles. The second kappa shape index (κ2) is 9.03. The SMILES string of the molecule is Cn1nc(CC(=O)Nc2cccc(OC(=O)c3ccc(Cl)cc3)c2)c2ccccc2c1=O. The van der Waals surface area contributed by atoms with Crippen molar-refractivity contribution in [3.8, 4) is 5.75 Å². The van der Waals surface area contributed by atoms with Crippen molar-refractivity contribution in [2.45, 2.75) is 6.42 Å². The number of nitrogens with zero attached hydrogens (tertiary/aromatic N) is 2. The summed E-state index contributed by atoms with van der Waals surface area (Å²) >= 11 is 5.84. The van der Waals surface area contributed by atoms with E-state index in [0.29, 0.717) is 32.7 Å². The third-order valence-electron chi connectivity index (χ3n) is 4.77. The zero-order chi connectivity index (χ0) is 22.7. The minimum atomic E-state index is -0.536. The van der Waals surface area contributed by atoms with E-state index in [2.05, 4.69) is 10.4 Å². The number of benzene rings is 3. The number of ether oxygens (including phenoxy) is 1. The third-order valence-corrected chi connectivity index (χ3v) is 5.02. The zero-order valence-electron chi connectivity index (χ0n) is 17.0. The summed E-state index contributed by atoms with van der Waals surface area (Å²) in [4.78, 5) is 37.2. The molecular weight excluding hydrogens is 430 g/mol. The van der Waals surface area contributed by atoms with Gasteiger partial charge in [-0.15, -0.1) is 0 Å². The molecular formula is C24H18ClN3O4. The van der Waals surface area contributed by atoms with Crippen LogP contribution in [0, 0.1) is 0 Å². The lowest BCUT2D eigenvalue weighted by Gasteiger charge is -2.10. The molecule has 4 aromatic rings. The van der Waals surface area contributed by atoms with E-state index in [9.17, 15) is 14.4 Å². The van der Waals surface area contributed by atoms with Crippen LogP contribution < -0.4 is 15.6 Å². The largest absolute Gasteiger partial charge is 0.423 e. The highest BCUT2D eigenvalue weighted by Crippen LogP contribution is 2.20. The first-order valence-corrected chi connectivity index (χ1v) is 10.1. The van der Waals surface area contributed by atoms with E-state index < -0.39 is 5.97 Å². The van der Waals surface area contributed by atoms with Gasteiger partial charge in [0.05, 0.1) is 23.1 Å². The summed E-state index contributed by atoms with van der Waals surface area (Å²) in [6, 6.07) is 19.9. The second-order valence-electron chi connectivity index (χ2n) is 7.07. The average Bonchev–Trinajstić information content (AvgIpc) is 2.78. The first-order valence-electron chi connectivity index (χ1n) is 9.73. The summed E-state index contributed by atoms with van der Waals surface area (Å²) in [5, 5.41) is 8.68. The molecule has 7 nitrogen and oxygen atoms in total. The van der Waals surface area contributed by atoms with Crippen LogP contribution >= 0.6 is 11.6 Å². The second-order valence-corrected chi connectivity index (χ2v) is 7.51. The molecule has 1 aromatic heterocycles. The lowest BCUT2D eigenvalue weighted by atomic mass is 10.1. The molecule has 0 aliphatic rings. The van der Waals surface area contributed by atoms with E-state index in [1.165, 1.54) is 4.68 Å². The topological polar surface area (TPSA) is 90.3 Å². The van der Waals surface area contributed by atoms with Crippen molar-refractivity contribution >= 4 is 39.9 Å². The zero-order valence-corrected chi connectivity index (χ0v) is 17.8. The minimum Gasteiger partial charge on any atom is -0.423 e. The quantitative estimate of drug-likeness (QED) is 0.369. The summed E-state index contributed by atoms with van der Waals surface area (Å²) in [5.74, 6) is -0.568. The van der Waals surface area contributed by atoms with Crippen molar-refractivity contribution < 1.29 is 14.3 Å². The normalized spacial score (nSPS) is 10.7. The number of hydrogen-bond donors (Lipinski definition) is 1. The molecule has 0 saturated carbocycles. The predicted molar refractivity (Wildman–Crippen MR) is 122 cm³/mol. The number of rotatable bonds is 5. The molecule has 0 atom stereocenters. The lowest BCUT2D eigenvalue weighted by molar-refractivity contribution is -0.115. The fourth-order valence-corrected chi connectivity index (χ4v) is 3.38. The molecule has 0 aliphatic carbocycles. The molecule has 1 N–H and O–H groups in total. The molecule has 0 saturated heterocycles. The number of carbonyl (C=O) groups excluding carboxylic acids is 2. The van der Waals surface area contributed by atoms with E-state index in [0.717, 1.165) is 0 Å². The maximum atomic E-state index is 12.6. The summed E-state index contributed by atoms with van der Waals surface area (Å²) in [7, 11) is 1.55. The molecule has 0 bridgehead atoms. The molecule has 160 valence electrons. The van der Waals surface area contributed by atoms with Crippen molar-refractivity contribution in [2.75, 3.05) is 5.32 Å². The van der Waals surface area contributed by atoms with Crippen LogP contribution in [-0.4, -0.2) is 21.7 Å². The van der Waals surface area contributed by atoms with Gasteiger partial charge in [-0.3, -0.25) is 9.59 Å². The fourth-order valence-electron chi connectivity index (χ4n) is 3.25. The van der Waals surface area contributed by atoms with Crippen LogP contribution in [0.1, 0.15) is 16.1 Å². The van der Waals surface area contributed by atoms with Crippen molar-refractivity contribution in [3.63, 3.8) is 0 Å². The molecule has 0 spiro atoms. The van der Waals surface area contributed by atoms with Crippen LogP contribution in [0.4, 0.5) is 5.69 Å². The number of aromatic nitrogens is 2. The van der Waals surface area contributed by atoms with Crippen molar-refractivity contribution in [3.05, 3.63) is 99.4 Å². The van der Waals surface area contributed by atoms with Crippen molar-refractivity contribution in [2.24, 2.45) is 7.05 Å². The number of amides is 1. The van der Waals surface area contributed by atoms with Gasteiger partial charge in [0.1, 0.15) is 5.75 Å². The third kappa shape index (κ3) is 4.68. The number of aryl methyl sites for hydroxylation is 1. The average molecular weight is 448 g/mol. The maximum Gasteiger partial charge on any atom is 0.343 e. The Balaban J connectivity index is 1.48. The van der Waals surface area contributed by atoms with E-state index >= 15 is 0 Å². The number of carbonyl (C=O) groups is 2. The first-order chi connectivity index (χ1) is 15.4. The van der Waals surface area contributed by atoms with E-state index in [-0.39, 0.29) is 23.6 Å². The van der Waals surface area contributed by atoms with Crippen LogP contribution in [0.2, 0.25) is 5.02 Å². The summed E-state index contributed by atoms with van der Waals surface area (Å²) in [6.45, 7) is 0. The van der Waals surface area contributed by atoms with Gasteiger partial charge >= 0.3 is 5.97 Å². The Kier molecular flexibility index (Phi) is 6.00. The van der Waals surface area contributed by atoms with Crippen LogP contribution in [0.15, 0.2) is 77.6 Å². The van der Waals surface area contributed by atoms with Crippen LogP contribution in [-0.2, 0) is 18.3 Å². The molecule has 1 amide bonds. The molecule has 0 fully saturated rings. The van der Waals surface area contributed by atoms with Gasteiger partial charge in [-0.1, -0.05) is 35.9 Å². The van der Waals surface area contributed by atoms with Crippen LogP contribution in [0.25, 0.3) is 10.8 Å². The maximum absolute atomic E-state index is 12.6. The molecule has 0 unspecified atom stereocenters. The Labute approximate surface area is 188 Å². The lowest BCUT2D eigenvalue weighted by Crippen LogP contribution is -2.24. The smallest absolute Gasteiger partial charge is 0.343 e. The van der Waals surface area contributed by atoms with Gasteiger partial charge in [0, 0.05) is 29.2 Å². The summed E-state index contributed by atoms with van der Waals surface area (Å²) in [5.41, 5.74) is 1.09. The Morgan fingerprint density at radius 2 is 1.72 bits per heavy atom. The van der Waals surface area contributed by atoms with Gasteiger partial charge in [0.25, 0.3) is 5.56 Å².